The first kappa shape index (κ1) is 18.1. The zero-order valence-corrected chi connectivity index (χ0v) is 15.0. The first-order valence-electron chi connectivity index (χ1n) is 8.40. The number of furan rings is 1. The average molecular weight is 361 g/mol. The standard InChI is InChI=1S/C21H19N3O3/c1-14(23-24-21(26)19-12-13-27-15(19)2)16-8-10-18(11-9-16)22-20(25)17-6-4-3-5-7-17/h3-13H,1-2H3,(H,22,25)(H,24,26)/b23-14-. The van der Waals surface area contributed by atoms with Gasteiger partial charge < -0.3 is 9.73 Å². The van der Waals surface area contributed by atoms with Crippen LogP contribution in [0.5, 0.6) is 0 Å². The fraction of sp³-hybridized carbons (Fsp3) is 0.0952. The molecule has 0 aliphatic heterocycles. The summed E-state index contributed by atoms with van der Waals surface area (Å²) in [5.74, 6) is 0.0442. The summed E-state index contributed by atoms with van der Waals surface area (Å²) in [5.41, 5.74) is 5.71. The smallest absolute Gasteiger partial charge is 0.274 e. The predicted molar refractivity (Wildman–Crippen MR) is 104 cm³/mol. The average Bonchev–Trinajstić information content (AvgIpc) is 3.13. The molecule has 0 saturated heterocycles. The van der Waals surface area contributed by atoms with E-state index < -0.39 is 0 Å². The molecule has 6 nitrogen and oxygen atoms in total. The van der Waals surface area contributed by atoms with Gasteiger partial charge in [0.15, 0.2) is 0 Å². The van der Waals surface area contributed by atoms with Gasteiger partial charge in [-0.1, -0.05) is 30.3 Å². The highest BCUT2D eigenvalue weighted by molar-refractivity contribution is 6.05. The third kappa shape index (κ3) is 4.49. The highest BCUT2D eigenvalue weighted by Crippen LogP contribution is 2.13. The number of hydrogen-bond acceptors (Lipinski definition) is 4. The van der Waals surface area contributed by atoms with Crippen molar-refractivity contribution in [2.45, 2.75) is 13.8 Å². The molecule has 0 unspecified atom stereocenters. The number of amides is 2. The van der Waals surface area contributed by atoms with Crippen molar-refractivity contribution >= 4 is 23.2 Å². The van der Waals surface area contributed by atoms with E-state index in [-0.39, 0.29) is 11.8 Å². The maximum atomic E-state index is 12.2. The Morgan fingerprint density at radius 1 is 0.889 bits per heavy atom. The van der Waals surface area contributed by atoms with Crippen LogP contribution in [0.2, 0.25) is 0 Å². The van der Waals surface area contributed by atoms with E-state index in [2.05, 4.69) is 15.8 Å². The summed E-state index contributed by atoms with van der Waals surface area (Å²) in [5, 5.41) is 6.96. The summed E-state index contributed by atoms with van der Waals surface area (Å²) in [6.45, 7) is 3.51. The Morgan fingerprint density at radius 2 is 1.59 bits per heavy atom. The van der Waals surface area contributed by atoms with Crippen molar-refractivity contribution in [1.29, 1.82) is 0 Å². The zero-order valence-electron chi connectivity index (χ0n) is 15.0. The van der Waals surface area contributed by atoms with Crippen molar-refractivity contribution in [3.63, 3.8) is 0 Å². The first-order chi connectivity index (χ1) is 13.0. The Kier molecular flexibility index (Phi) is 5.47. The number of hydrazone groups is 1. The molecule has 0 bridgehead atoms. The van der Waals surface area contributed by atoms with E-state index in [0.717, 1.165) is 5.56 Å². The molecule has 0 atom stereocenters. The van der Waals surface area contributed by atoms with Crippen molar-refractivity contribution in [1.82, 2.24) is 5.43 Å². The van der Waals surface area contributed by atoms with Crippen LogP contribution in [0.3, 0.4) is 0 Å². The number of nitrogens with zero attached hydrogens (tertiary/aromatic N) is 1. The fourth-order valence-electron chi connectivity index (χ4n) is 2.47. The molecule has 1 heterocycles. The Balaban J connectivity index is 1.63. The molecule has 0 saturated carbocycles. The monoisotopic (exact) mass is 361 g/mol. The summed E-state index contributed by atoms with van der Waals surface area (Å²) in [7, 11) is 0. The molecule has 0 fully saturated rings. The minimum absolute atomic E-state index is 0.170. The predicted octanol–water partition coefficient (Wildman–Crippen LogP) is 3.99. The van der Waals surface area contributed by atoms with E-state index in [9.17, 15) is 9.59 Å². The summed E-state index contributed by atoms with van der Waals surface area (Å²) in [6.07, 6.45) is 1.46. The van der Waals surface area contributed by atoms with Crippen LogP contribution in [-0.2, 0) is 0 Å². The van der Waals surface area contributed by atoms with E-state index in [4.69, 9.17) is 4.42 Å². The minimum atomic E-state index is -0.327. The van der Waals surface area contributed by atoms with Gasteiger partial charge in [0.2, 0.25) is 0 Å². The van der Waals surface area contributed by atoms with Crippen molar-refractivity contribution < 1.29 is 14.0 Å². The molecule has 2 N–H and O–H groups in total. The molecule has 136 valence electrons. The van der Waals surface area contributed by atoms with E-state index in [1.807, 2.05) is 30.3 Å². The lowest BCUT2D eigenvalue weighted by Crippen LogP contribution is -2.19. The van der Waals surface area contributed by atoms with Gasteiger partial charge in [-0.3, -0.25) is 9.59 Å². The lowest BCUT2D eigenvalue weighted by atomic mass is 10.1. The molecule has 6 heteroatoms. The molecule has 0 aliphatic carbocycles. The second-order valence-corrected chi connectivity index (χ2v) is 5.93. The first-order valence-corrected chi connectivity index (χ1v) is 8.40. The van der Waals surface area contributed by atoms with E-state index in [0.29, 0.717) is 28.3 Å². The van der Waals surface area contributed by atoms with Crippen LogP contribution in [-0.4, -0.2) is 17.5 Å². The van der Waals surface area contributed by atoms with Crippen molar-refractivity contribution in [3.05, 3.63) is 89.4 Å². The number of rotatable bonds is 5. The van der Waals surface area contributed by atoms with Crippen LogP contribution < -0.4 is 10.7 Å². The molecule has 3 aromatic rings. The molecular formula is C21H19N3O3. The maximum Gasteiger partial charge on any atom is 0.274 e. The van der Waals surface area contributed by atoms with E-state index in [1.54, 1.807) is 44.2 Å². The lowest BCUT2D eigenvalue weighted by Gasteiger charge is -2.07. The summed E-state index contributed by atoms with van der Waals surface area (Å²) >= 11 is 0. The largest absolute Gasteiger partial charge is 0.469 e. The third-order valence-electron chi connectivity index (χ3n) is 4.03. The molecule has 0 spiro atoms. The molecule has 3 rings (SSSR count). The van der Waals surface area contributed by atoms with Gasteiger partial charge in [0.1, 0.15) is 5.76 Å². The van der Waals surface area contributed by atoms with Gasteiger partial charge in [-0.2, -0.15) is 5.10 Å². The van der Waals surface area contributed by atoms with Gasteiger partial charge in [-0.05, 0) is 49.7 Å². The normalized spacial score (nSPS) is 11.1. The fourth-order valence-corrected chi connectivity index (χ4v) is 2.47. The molecule has 2 aromatic carbocycles. The molecule has 2 amide bonds. The number of nitrogens with one attached hydrogen (secondary N) is 2. The maximum absolute atomic E-state index is 12.2. The zero-order chi connectivity index (χ0) is 19.2. The number of benzene rings is 2. The topological polar surface area (TPSA) is 83.7 Å². The summed E-state index contributed by atoms with van der Waals surface area (Å²) in [4.78, 5) is 24.2. The van der Waals surface area contributed by atoms with Crippen LogP contribution in [0.4, 0.5) is 5.69 Å². The number of hydrogen-bond donors (Lipinski definition) is 2. The van der Waals surface area contributed by atoms with E-state index >= 15 is 0 Å². The summed E-state index contributed by atoms with van der Waals surface area (Å²) in [6, 6.07) is 17.8. The van der Waals surface area contributed by atoms with Crippen molar-refractivity contribution in [2.24, 2.45) is 5.10 Å². The number of carbonyl (C=O) groups excluding carboxylic acids is 2. The Bertz CT molecular complexity index is 973. The number of carbonyl (C=O) groups is 2. The van der Waals surface area contributed by atoms with Gasteiger partial charge in [-0.15, -0.1) is 0 Å². The SMILES string of the molecule is C/C(=N/NC(=O)c1ccoc1C)c1ccc(NC(=O)c2ccccc2)cc1. The van der Waals surface area contributed by atoms with Crippen molar-refractivity contribution in [3.8, 4) is 0 Å². The molecule has 1 aromatic heterocycles. The highest BCUT2D eigenvalue weighted by Gasteiger charge is 2.11. The van der Waals surface area contributed by atoms with Gasteiger partial charge in [-0.25, -0.2) is 5.43 Å². The molecular weight excluding hydrogens is 342 g/mol. The quantitative estimate of drug-likeness (QED) is 0.532. The second-order valence-electron chi connectivity index (χ2n) is 5.93. The van der Waals surface area contributed by atoms with Gasteiger partial charge >= 0.3 is 0 Å². The number of anilines is 1. The highest BCUT2D eigenvalue weighted by atomic mass is 16.3. The van der Waals surface area contributed by atoms with Crippen LogP contribution in [0.1, 0.15) is 39.0 Å². The molecule has 0 radical (unpaired) electrons. The molecule has 0 aliphatic rings. The van der Waals surface area contributed by atoms with Crippen LogP contribution in [0.15, 0.2) is 76.4 Å². The van der Waals surface area contributed by atoms with Gasteiger partial charge in [0, 0.05) is 11.3 Å². The van der Waals surface area contributed by atoms with Crippen LogP contribution >= 0.6 is 0 Å². The summed E-state index contributed by atoms with van der Waals surface area (Å²) < 4.78 is 5.11. The second kappa shape index (κ2) is 8.14. The van der Waals surface area contributed by atoms with Crippen LogP contribution in [0, 0.1) is 6.92 Å². The van der Waals surface area contributed by atoms with Crippen molar-refractivity contribution in [2.75, 3.05) is 5.32 Å². The Morgan fingerprint density at radius 3 is 2.22 bits per heavy atom. The lowest BCUT2D eigenvalue weighted by molar-refractivity contribution is 0.0952. The number of aryl methyl sites for hydroxylation is 1. The van der Waals surface area contributed by atoms with E-state index in [1.165, 1.54) is 6.26 Å². The van der Waals surface area contributed by atoms with Gasteiger partial charge in [0.05, 0.1) is 17.5 Å². The molecule has 27 heavy (non-hydrogen) atoms. The van der Waals surface area contributed by atoms with Gasteiger partial charge in [0.25, 0.3) is 11.8 Å². The third-order valence-corrected chi connectivity index (χ3v) is 4.03. The Hall–Kier alpha value is -3.67. The minimum Gasteiger partial charge on any atom is -0.469 e. The van der Waals surface area contributed by atoms with Crippen LogP contribution in [0.25, 0.3) is 0 Å². The Labute approximate surface area is 156 Å².